The number of aromatic nitrogens is 2. The Morgan fingerprint density at radius 1 is 1.17 bits per heavy atom. The second-order valence-electron chi connectivity index (χ2n) is 6.28. The van der Waals surface area contributed by atoms with Gasteiger partial charge in [0.15, 0.2) is 0 Å². The summed E-state index contributed by atoms with van der Waals surface area (Å²) < 4.78 is 0. The quantitative estimate of drug-likeness (QED) is 0.818. The number of hydrogen-bond acceptors (Lipinski definition) is 3. The van der Waals surface area contributed by atoms with Gasteiger partial charge < -0.3 is 5.32 Å². The van der Waals surface area contributed by atoms with Crippen molar-refractivity contribution in [2.24, 2.45) is 11.3 Å². The lowest BCUT2D eigenvalue weighted by Crippen LogP contribution is -2.31. The summed E-state index contributed by atoms with van der Waals surface area (Å²) in [5, 5.41) is 3.95. The van der Waals surface area contributed by atoms with Crippen molar-refractivity contribution in [3.8, 4) is 0 Å². The molecule has 1 aliphatic carbocycles. The third-order valence-corrected chi connectivity index (χ3v) is 4.14. The van der Waals surface area contributed by atoms with Crippen molar-refractivity contribution < 1.29 is 0 Å². The van der Waals surface area contributed by atoms with E-state index < -0.39 is 0 Å². The fourth-order valence-electron chi connectivity index (χ4n) is 2.73. The van der Waals surface area contributed by atoms with Crippen LogP contribution in [0.5, 0.6) is 0 Å². The van der Waals surface area contributed by atoms with Crippen molar-refractivity contribution in [2.75, 3.05) is 5.32 Å². The van der Waals surface area contributed by atoms with Gasteiger partial charge in [-0.3, -0.25) is 0 Å². The van der Waals surface area contributed by atoms with E-state index >= 15 is 0 Å². The summed E-state index contributed by atoms with van der Waals surface area (Å²) in [5.74, 6) is 1.68. The lowest BCUT2D eigenvalue weighted by atomic mass is 9.71. The van der Waals surface area contributed by atoms with E-state index in [2.05, 4.69) is 36.1 Å². The Morgan fingerprint density at radius 2 is 1.83 bits per heavy atom. The Bertz CT molecular complexity index is 392. The van der Waals surface area contributed by atoms with Gasteiger partial charge in [0.1, 0.15) is 17.3 Å². The minimum Gasteiger partial charge on any atom is -0.367 e. The van der Waals surface area contributed by atoms with Crippen LogP contribution >= 0.6 is 11.6 Å². The Balaban J connectivity index is 1.87. The van der Waals surface area contributed by atoms with Gasteiger partial charge in [-0.25, -0.2) is 9.97 Å². The number of hydrogen-bond donors (Lipinski definition) is 1. The van der Waals surface area contributed by atoms with Crippen molar-refractivity contribution in [1.82, 2.24) is 9.97 Å². The van der Waals surface area contributed by atoms with Crippen molar-refractivity contribution in [3.63, 3.8) is 0 Å². The summed E-state index contributed by atoms with van der Waals surface area (Å²) >= 11 is 5.85. The molecule has 1 heterocycles. The van der Waals surface area contributed by atoms with Gasteiger partial charge in [0.05, 0.1) is 0 Å². The van der Waals surface area contributed by atoms with Crippen LogP contribution in [0.15, 0.2) is 12.4 Å². The van der Waals surface area contributed by atoms with Crippen LogP contribution in [0.4, 0.5) is 5.82 Å². The lowest BCUT2D eigenvalue weighted by molar-refractivity contribution is 0.173. The van der Waals surface area contributed by atoms with Gasteiger partial charge in [-0.2, -0.15) is 0 Å². The largest absolute Gasteiger partial charge is 0.367 e. The normalized spacial score (nSPS) is 24.9. The molecule has 4 heteroatoms. The zero-order valence-electron chi connectivity index (χ0n) is 11.4. The van der Waals surface area contributed by atoms with E-state index in [0.717, 1.165) is 11.7 Å². The number of anilines is 1. The molecule has 0 atom stereocenters. The van der Waals surface area contributed by atoms with Crippen molar-refractivity contribution in [1.29, 1.82) is 0 Å². The molecule has 100 valence electrons. The zero-order chi connectivity index (χ0) is 13.2. The maximum atomic E-state index is 5.85. The van der Waals surface area contributed by atoms with Crippen LogP contribution in [0.1, 0.15) is 46.5 Å². The summed E-state index contributed by atoms with van der Waals surface area (Å²) in [6.07, 6.45) is 6.51. The molecule has 0 aromatic carbocycles. The second-order valence-corrected chi connectivity index (χ2v) is 6.67. The van der Waals surface area contributed by atoms with Gasteiger partial charge in [0, 0.05) is 12.1 Å². The SMILES string of the molecule is CC(C)(C)C1CCC(Nc2cc(Cl)ncn2)CC1. The first kappa shape index (κ1) is 13.6. The third kappa shape index (κ3) is 3.58. The van der Waals surface area contributed by atoms with Gasteiger partial charge in [0.2, 0.25) is 0 Å². The van der Waals surface area contributed by atoms with Gasteiger partial charge in [-0.15, -0.1) is 0 Å². The van der Waals surface area contributed by atoms with Crippen molar-refractivity contribution >= 4 is 17.4 Å². The number of nitrogens with zero attached hydrogens (tertiary/aromatic N) is 2. The van der Waals surface area contributed by atoms with Crippen LogP contribution in [0.3, 0.4) is 0 Å². The maximum Gasteiger partial charge on any atom is 0.134 e. The zero-order valence-corrected chi connectivity index (χ0v) is 12.2. The molecule has 1 saturated carbocycles. The van der Waals surface area contributed by atoms with Crippen LogP contribution in [-0.4, -0.2) is 16.0 Å². The third-order valence-electron chi connectivity index (χ3n) is 3.94. The first-order valence-electron chi connectivity index (χ1n) is 6.69. The molecule has 0 spiro atoms. The summed E-state index contributed by atoms with van der Waals surface area (Å²) in [7, 11) is 0. The standard InChI is InChI=1S/C14H22ClN3/c1-14(2,3)10-4-6-11(7-5-10)18-13-8-12(15)16-9-17-13/h8-11H,4-7H2,1-3H3,(H,16,17,18). The molecule has 3 nitrogen and oxygen atoms in total. The topological polar surface area (TPSA) is 37.8 Å². The van der Waals surface area contributed by atoms with Crippen LogP contribution in [0.25, 0.3) is 0 Å². The summed E-state index contributed by atoms with van der Waals surface area (Å²) in [5.41, 5.74) is 0.434. The van der Waals surface area contributed by atoms with E-state index in [1.807, 2.05) is 0 Å². The molecular formula is C14H22ClN3. The minimum atomic E-state index is 0.434. The molecule has 0 unspecified atom stereocenters. The highest BCUT2D eigenvalue weighted by Gasteiger charge is 2.29. The average molecular weight is 268 g/mol. The summed E-state index contributed by atoms with van der Waals surface area (Å²) in [6, 6.07) is 2.31. The van der Waals surface area contributed by atoms with E-state index in [1.54, 1.807) is 6.07 Å². The van der Waals surface area contributed by atoms with Crippen molar-refractivity contribution in [2.45, 2.75) is 52.5 Å². The highest BCUT2D eigenvalue weighted by molar-refractivity contribution is 6.29. The highest BCUT2D eigenvalue weighted by atomic mass is 35.5. The summed E-state index contributed by atoms with van der Waals surface area (Å²) in [6.45, 7) is 7.03. The second kappa shape index (κ2) is 5.43. The van der Waals surface area contributed by atoms with Crippen LogP contribution < -0.4 is 5.32 Å². The molecule has 1 N–H and O–H groups in total. The smallest absolute Gasteiger partial charge is 0.134 e. The Morgan fingerprint density at radius 3 is 2.39 bits per heavy atom. The minimum absolute atomic E-state index is 0.434. The lowest BCUT2D eigenvalue weighted by Gasteiger charge is -2.37. The van der Waals surface area contributed by atoms with Crippen LogP contribution in [-0.2, 0) is 0 Å². The first-order valence-corrected chi connectivity index (χ1v) is 7.07. The number of nitrogens with one attached hydrogen (secondary N) is 1. The molecule has 0 radical (unpaired) electrons. The molecule has 1 aromatic rings. The molecule has 18 heavy (non-hydrogen) atoms. The molecule has 1 fully saturated rings. The maximum absolute atomic E-state index is 5.85. The molecule has 0 bridgehead atoms. The van der Waals surface area contributed by atoms with Gasteiger partial charge in [-0.05, 0) is 37.0 Å². The first-order chi connectivity index (χ1) is 8.45. The highest BCUT2D eigenvalue weighted by Crippen LogP contribution is 2.38. The Labute approximate surface area is 114 Å². The van der Waals surface area contributed by atoms with E-state index in [-0.39, 0.29) is 0 Å². The van der Waals surface area contributed by atoms with E-state index in [9.17, 15) is 0 Å². The monoisotopic (exact) mass is 267 g/mol. The van der Waals surface area contributed by atoms with Gasteiger partial charge in [-0.1, -0.05) is 32.4 Å². The van der Waals surface area contributed by atoms with Gasteiger partial charge >= 0.3 is 0 Å². The molecule has 1 aromatic heterocycles. The summed E-state index contributed by atoms with van der Waals surface area (Å²) in [4.78, 5) is 8.09. The van der Waals surface area contributed by atoms with E-state index in [4.69, 9.17) is 11.6 Å². The van der Waals surface area contributed by atoms with E-state index in [0.29, 0.717) is 16.6 Å². The molecular weight excluding hydrogens is 246 g/mol. The molecule has 0 amide bonds. The van der Waals surface area contributed by atoms with E-state index in [1.165, 1.54) is 32.0 Å². The fourth-order valence-corrected chi connectivity index (χ4v) is 2.87. The fraction of sp³-hybridized carbons (Fsp3) is 0.714. The Hall–Kier alpha value is -0.830. The number of rotatable bonds is 2. The number of halogens is 1. The Kier molecular flexibility index (Phi) is 4.10. The predicted molar refractivity (Wildman–Crippen MR) is 75.9 cm³/mol. The van der Waals surface area contributed by atoms with Crippen molar-refractivity contribution in [3.05, 3.63) is 17.5 Å². The molecule has 1 aliphatic rings. The van der Waals surface area contributed by atoms with Gasteiger partial charge in [0.25, 0.3) is 0 Å². The van der Waals surface area contributed by atoms with Crippen LogP contribution in [0.2, 0.25) is 5.15 Å². The predicted octanol–water partition coefficient (Wildman–Crippen LogP) is 4.15. The molecule has 2 rings (SSSR count). The molecule has 0 saturated heterocycles. The average Bonchev–Trinajstić information content (AvgIpc) is 2.28. The van der Waals surface area contributed by atoms with Crippen LogP contribution in [0, 0.1) is 11.3 Å². The molecule has 0 aliphatic heterocycles.